The van der Waals surface area contributed by atoms with E-state index in [9.17, 15) is 13.2 Å². The molecule has 0 bridgehead atoms. The molecule has 11 heteroatoms. The minimum Gasteiger partial charge on any atom is -0.383 e. The fourth-order valence-electron chi connectivity index (χ4n) is 4.57. The van der Waals surface area contributed by atoms with Crippen molar-refractivity contribution in [2.24, 2.45) is 0 Å². The summed E-state index contributed by atoms with van der Waals surface area (Å²) < 4.78 is 43.6. The van der Waals surface area contributed by atoms with Crippen LogP contribution in [0.5, 0.6) is 0 Å². The van der Waals surface area contributed by atoms with Crippen molar-refractivity contribution in [1.82, 2.24) is 34.9 Å². The van der Waals surface area contributed by atoms with Crippen LogP contribution in [0.4, 0.5) is 19.0 Å². The van der Waals surface area contributed by atoms with Crippen LogP contribution in [0.25, 0.3) is 44.5 Å². The Hall–Kier alpha value is -4.80. The molecule has 184 valence electrons. The number of fused-ring (bicyclic) bond motifs is 2. The second kappa shape index (κ2) is 8.40. The Balaban J connectivity index is 1.61. The highest BCUT2D eigenvalue weighted by molar-refractivity contribution is 5.98. The van der Waals surface area contributed by atoms with E-state index in [0.29, 0.717) is 33.4 Å². The normalized spacial score (nSPS) is 12.0. The van der Waals surface area contributed by atoms with Crippen molar-refractivity contribution < 1.29 is 13.2 Å². The third kappa shape index (κ3) is 3.84. The average Bonchev–Trinajstić information content (AvgIpc) is 3.53. The summed E-state index contributed by atoms with van der Waals surface area (Å²) in [4.78, 5) is 13.2. The molecule has 0 amide bonds. The number of aromatic amines is 1. The lowest BCUT2D eigenvalue weighted by Crippen LogP contribution is -2.10. The summed E-state index contributed by atoms with van der Waals surface area (Å²) in [7, 11) is 0. The number of para-hydroxylation sites is 1. The van der Waals surface area contributed by atoms with E-state index in [1.165, 1.54) is 18.5 Å². The smallest absolute Gasteiger partial charge is 0.383 e. The zero-order valence-electron chi connectivity index (χ0n) is 19.5. The molecule has 0 saturated heterocycles. The first kappa shape index (κ1) is 22.7. The van der Waals surface area contributed by atoms with Gasteiger partial charge in [0.05, 0.1) is 34.9 Å². The quantitative estimate of drug-likeness (QED) is 0.336. The minimum absolute atomic E-state index is 0.00388. The first-order valence-electron chi connectivity index (χ1n) is 11.3. The second-order valence-corrected chi connectivity index (χ2v) is 8.64. The molecule has 0 atom stereocenters. The lowest BCUT2D eigenvalue weighted by Gasteiger charge is -2.17. The predicted octanol–water partition coefficient (Wildman–Crippen LogP) is 5.39. The molecule has 4 aromatic heterocycles. The molecule has 0 aliphatic carbocycles. The number of nitrogens with one attached hydrogen (secondary N) is 1. The van der Waals surface area contributed by atoms with Gasteiger partial charge in [-0.3, -0.25) is 5.10 Å². The number of hydrogen-bond acceptors (Lipinski definition) is 6. The number of H-pyrrole nitrogens is 1. The minimum atomic E-state index is -4.55. The highest BCUT2D eigenvalue weighted by Gasteiger charge is 2.34. The van der Waals surface area contributed by atoms with Gasteiger partial charge in [0, 0.05) is 28.3 Å². The van der Waals surface area contributed by atoms with E-state index in [1.807, 2.05) is 31.2 Å². The van der Waals surface area contributed by atoms with Crippen molar-refractivity contribution in [2.45, 2.75) is 19.6 Å². The van der Waals surface area contributed by atoms with E-state index >= 15 is 0 Å². The number of aryl methyl sites for hydroxylation is 1. The van der Waals surface area contributed by atoms with Gasteiger partial charge >= 0.3 is 6.18 Å². The van der Waals surface area contributed by atoms with Gasteiger partial charge in [0.15, 0.2) is 5.65 Å². The number of alkyl halides is 3. The maximum atomic E-state index is 14.0. The SMILES string of the molecule is Cc1cccc2cc(Cn3nc(-c4cn[nH]c4)c4c(N)ncnc43)c(-c3ccccc3C(F)(F)F)nc12. The first-order valence-corrected chi connectivity index (χ1v) is 11.3. The largest absolute Gasteiger partial charge is 0.417 e. The number of nitrogens with two attached hydrogens (primary N) is 1. The zero-order valence-corrected chi connectivity index (χ0v) is 19.5. The van der Waals surface area contributed by atoms with Crippen LogP contribution in [0.1, 0.15) is 16.7 Å². The van der Waals surface area contributed by atoms with E-state index in [-0.39, 0.29) is 23.6 Å². The highest BCUT2D eigenvalue weighted by atomic mass is 19.4. The number of hydrogen-bond donors (Lipinski definition) is 2. The number of nitrogens with zero attached hydrogens (tertiary/aromatic N) is 6. The summed E-state index contributed by atoms with van der Waals surface area (Å²) in [5, 5.41) is 12.8. The summed E-state index contributed by atoms with van der Waals surface area (Å²) in [5.74, 6) is 0.238. The van der Waals surface area contributed by atoms with Crippen LogP contribution >= 0.6 is 0 Å². The van der Waals surface area contributed by atoms with Crippen LogP contribution < -0.4 is 5.73 Å². The molecule has 0 aliphatic heterocycles. The maximum Gasteiger partial charge on any atom is 0.417 e. The van der Waals surface area contributed by atoms with E-state index in [0.717, 1.165) is 17.0 Å². The highest BCUT2D eigenvalue weighted by Crippen LogP contribution is 2.39. The third-order valence-electron chi connectivity index (χ3n) is 6.26. The summed E-state index contributed by atoms with van der Waals surface area (Å²) in [6, 6.07) is 13.0. The van der Waals surface area contributed by atoms with Crippen molar-refractivity contribution >= 4 is 27.8 Å². The molecule has 37 heavy (non-hydrogen) atoms. The fraction of sp³-hybridized carbons (Fsp3) is 0.115. The van der Waals surface area contributed by atoms with Gasteiger partial charge < -0.3 is 5.73 Å². The Bertz CT molecular complexity index is 1770. The maximum absolute atomic E-state index is 14.0. The van der Waals surface area contributed by atoms with Crippen molar-refractivity contribution in [3.63, 3.8) is 0 Å². The molecule has 0 spiro atoms. The predicted molar refractivity (Wildman–Crippen MR) is 133 cm³/mol. The van der Waals surface area contributed by atoms with Crippen LogP contribution in [-0.4, -0.2) is 34.9 Å². The molecule has 6 aromatic rings. The van der Waals surface area contributed by atoms with Crippen LogP contribution in [0, 0.1) is 6.92 Å². The number of benzene rings is 2. The molecular weight excluding hydrogens is 481 g/mol. The van der Waals surface area contributed by atoms with Crippen LogP contribution in [-0.2, 0) is 12.7 Å². The average molecular weight is 500 g/mol. The molecule has 0 unspecified atom stereocenters. The van der Waals surface area contributed by atoms with Gasteiger partial charge in [-0.15, -0.1) is 0 Å². The molecule has 0 radical (unpaired) electrons. The Morgan fingerprint density at radius 3 is 2.65 bits per heavy atom. The van der Waals surface area contributed by atoms with Crippen LogP contribution in [0.3, 0.4) is 0 Å². The standard InChI is InChI=1S/C26H19F3N8/c1-14-5-4-6-15-9-16(22(35-21(14)15)18-7-2-3-8-19(18)26(27,28)29)12-37-25-20(24(30)31-13-32-25)23(36-37)17-10-33-34-11-17/h2-11,13H,12H2,1H3,(H,33,34)(H2,30,31,32). The molecule has 6 rings (SSSR count). The summed E-state index contributed by atoms with van der Waals surface area (Å²) >= 11 is 0. The number of nitrogen functional groups attached to an aromatic ring is 1. The number of aromatic nitrogens is 7. The lowest BCUT2D eigenvalue weighted by atomic mass is 9.97. The van der Waals surface area contributed by atoms with Gasteiger partial charge in [-0.05, 0) is 24.6 Å². The Morgan fingerprint density at radius 1 is 1.03 bits per heavy atom. The summed E-state index contributed by atoms with van der Waals surface area (Å²) in [5.41, 5.74) is 9.34. The van der Waals surface area contributed by atoms with E-state index in [4.69, 9.17) is 15.8 Å². The lowest BCUT2D eigenvalue weighted by molar-refractivity contribution is -0.137. The molecule has 2 aromatic carbocycles. The number of rotatable bonds is 4. The van der Waals surface area contributed by atoms with Crippen molar-refractivity contribution in [2.75, 3.05) is 5.73 Å². The topological polar surface area (TPSA) is 111 Å². The summed E-state index contributed by atoms with van der Waals surface area (Å²) in [6.45, 7) is 1.98. The van der Waals surface area contributed by atoms with Gasteiger partial charge in [0.2, 0.25) is 0 Å². The summed E-state index contributed by atoms with van der Waals surface area (Å²) in [6.07, 6.45) is 0.0510. The molecular formula is C26H19F3N8. The molecule has 3 N–H and O–H groups in total. The monoisotopic (exact) mass is 500 g/mol. The van der Waals surface area contributed by atoms with Crippen LogP contribution in [0.2, 0.25) is 0 Å². The third-order valence-corrected chi connectivity index (χ3v) is 6.26. The number of pyridine rings is 1. The van der Waals surface area contributed by atoms with Gasteiger partial charge in [-0.25, -0.2) is 19.6 Å². The molecule has 0 aliphatic rings. The van der Waals surface area contributed by atoms with Gasteiger partial charge in [-0.1, -0.05) is 36.4 Å². The fourth-order valence-corrected chi connectivity index (χ4v) is 4.57. The molecule has 0 saturated carbocycles. The van der Waals surface area contributed by atoms with Gasteiger partial charge in [-0.2, -0.15) is 23.4 Å². The van der Waals surface area contributed by atoms with Crippen molar-refractivity contribution in [3.05, 3.63) is 83.9 Å². The molecule has 8 nitrogen and oxygen atoms in total. The second-order valence-electron chi connectivity index (χ2n) is 8.64. The van der Waals surface area contributed by atoms with Crippen molar-refractivity contribution in [3.8, 4) is 22.5 Å². The Morgan fingerprint density at radius 2 is 1.86 bits per heavy atom. The van der Waals surface area contributed by atoms with E-state index in [2.05, 4.69) is 20.2 Å². The van der Waals surface area contributed by atoms with Gasteiger partial charge in [0.1, 0.15) is 17.8 Å². The first-order chi connectivity index (χ1) is 17.8. The Labute approximate surface area is 208 Å². The van der Waals surface area contributed by atoms with E-state index < -0.39 is 11.7 Å². The zero-order chi connectivity index (χ0) is 25.7. The molecule has 0 fully saturated rings. The molecule has 4 heterocycles. The van der Waals surface area contributed by atoms with Gasteiger partial charge in [0.25, 0.3) is 0 Å². The van der Waals surface area contributed by atoms with Crippen molar-refractivity contribution in [1.29, 1.82) is 0 Å². The van der Waals surface area contributed by atoms with E-state index in [1.54, 1.807) is 23.1 Å². The Kier molecular flexibility index (Phi) is 5.14. The number of halogens is 3. The number of anilines is 1. The van der Waals surface area contributed by atoms with Crippen LogP contribution in [0.15, 0.2) is 67.3 Å².